The van der Waals surface area contributed by atoms with Crippen LogP contribution in [-0.4, -0.2) is 16.6 Å². The zero-order valence-corrected chi connectivity index (χ0v) is 16.1. The number of ether oxygens (including phenoxy) is 1. The first-order valence-corrected chi connectivity index (χ1v) is 10.2. The fourth-order valence-electron chi connectivity index (χ4n) is 2.25. The lowest BCUT2D eigenvalue weighted by molar-refractivity contribution is -0.115. The van der Waals surface area contributed by atoms with Gasteiger partial charge in [-0.25, -0.2) is 4.98 Å². The molecule has 1 aromatic heterocycles. The van der Waals surface area contributed by atoms with Crippen LogP contribution < -0.4 is 10.1 Å². The monoisotopic (exact) mass is 384 g/mol. The lowest BCUT2D eigenvalue weighted by atomic mass is 10.2. The Morgan fingerprint density at radius 3 is 2.85 bits per heavy atom. The minimum Gasteiger partial charge on any atom is -0.487 e. The number of anilines is 1. The fourth-order valence-corrected chi connectivity index (χ4v) is 3.64. The number of hydrogen-bond acceptors (Lipinski definition) is 5. The molecule has 134 valence electrons. The van der Waals surface area contributed by atoms with E-state index in [0.717, 1.165) is 17.1 Å². The van der Waals surface area contributed by atoms with Crippen LogP contribution in [0.3, 0.4) is 0 Å². The Morgan fingerprint density at radius 2 is 2.08 bits per heavy atom. The van der Waals surface area contributed by atoms with Gasteiger partial charge in [-0.15, -0.1) is 23.1 Å². The highest BCUT2D eigenvalue weighted by atomic mass is 32.2. The Balaban J connectivity index is 1.44. The van der Waals surface area contributed by atoms with Gasteiger partial charge >= 0.3 is 0 Å². The standard InChI is InChI=1S/C20H20N2O2S2/c1-15-5-7-19(8-6-15)26-10-9-20(23)22-16-3-2-4-18(11-16)24-12-17-13-25-14-21-17/h2-8,11,13-14H,9-10,12H2,1H3,(H,22,23). The first kappa shape index (κ1) is 18.5. The van der Waals surface area contributed by atoms with Crippen molar-refractivity contribution in [3.8, 4) is 5.75 Å². The van der Waals surface area contributed by atoms with Crippen LogP contribution in [0.25, 0.3) is 0 Å². The summed E-state index contributed by atoms with van der Waals surface area (Å²) >= 11 is 3.23. The van der Waals surface area contributed by atoms with E-state index in [1.165, 1.54) is 10.5 Å². The van der Waals surface area contributed by atoms with Gasteiger partial charge in [0, 0.05) is 34.2 Å². The number of nitrogens with zero attached hydrogens (tertiary/aromatic N) is 1. The third-order valence-electron chi connectivity index (χ3n) is 3.61. The van der Waals surface area contributed by atoms with Crippen molar-refractivity contribution >= 4 is 34.7 Å². The largest absolute Gasteiger partial charge is 0.487 e. The normalized spacial score (nSPS) is 10.5. The number of amides is 1. The van der Waals surface area contributed by atoms with E-state index in [1.54, 1.807) is 28.6 Å². The van der Waals surface area contributed by atoms with Crippen LogP contribution in [0.5, 0.6) is 5.75 Å². The van der Waals surface area contributed by atoms with Gasteiger partial charge in [-0.3, -0.25) is 4.79 Å². The maximum atomic E-state index is 12.1. The van der Waals surface area contributed by atoms with E-state index >= 15 is 0 Å². The second-order valence-electron chi connectivity index (χ2n) is 5.76. The highest BCUT2D eigenvalue weighted by Gasteiger charge is 2.05. The van der Waals surface area contributed by atoms with Gasteiger partial charge in [-0.05, 0) is 31.2 Å². The Bertz CT molecular complexity index is 833. The van der Waals surface area contributed by atoms with Crippen LogP contribution in [0, 0.1) is 6.92 Å². The van der Waals surface area contributed by atoms with E-state index in [9.17, 15) is 4.79 Å². The molecule has 0 spiro atoms. The molecule has 4 nitrogen and oxygen atoms in total. The van der Waals surface area contributed by atoms with Gasteiger partial charge in [-0.1, -0.05) is 23.8 Å². The van der Waals surface area contributed by atoms with Crippen molar-refractivity contribution in [2.75, 3.05) is 11.1 Å². The number of hydrogen-bond donors (Lipinski definition) is 1. The van der Waals surface area contributed by atoms with Gasteiger partial charge < -0.3 is 10.1 Å². The predicted octanol–water partition coefficient (Wildman–Crippen LogP) is 5.15. The molecule has 3 aromatic rings. The summed E-state index contributed by atoms with van der Waals surface area (Å²) in [5, 5.41) is 4.88. The molecule has 0 aliphatic rings. The Hall–Kier alpha value is -2.31. The Labute approximate surface area is 161 Å². The molecule has 0 unspecified atom stereocenters. The van der Waals surface area contributed by atoms with Crippen LogP contribution in [0.1, 0.15) is 17.7 Å². The summed E-state index contributed by atoms with van der Waals surface area (Å²) in [4.78, 5) is 17.5. The zero-order valence-electron chi connectivity index (χ0n) is 14.5. The number of aryl methyl sites for hydroxylation is 1. The summed E-state index contributed by atoms with van der Waals surface area (Å²) in [7, 11) is 0. The SMILES string of the molecule is Cc1ccc(SCCC(=O)Nc2cccc(OCc3cscn3)c2)cc1. The van der Waals surface area contributed by atoms with Crippen LogP contribution in [0.2, 0.25) is 0 Å². The molecule has 0 atom stereocenters. The number of carbonyl (C=O) groups is 1. The van der Waals surface area contributed by atoms with E-state index in [-0.39, 0.29) is 5.91 Å². The maximum Gasteiger partial charge on any atom is 0.225 e. The van der Waals surface area contributed by atoms with E-state index in [0.29, 0.717) is 18.8 Å². The van der Waals surface area contributed by atoms with Crippen molar-refractivity contribution in [2.45, 2.75) is 24.8 Å². The molecule has 0 saturated carbocycles. The number of thioether (sulfide) groups is 1. The summed E-state index contributed by atoms with van der Waals surface area (Å²) in [6.45, 7) is 2.49. The molecule has 1 N–H and O–H groups in total. The van der Waals surface area contributed by atoms with Crippen molar-refractivity contribution in [3.05, 3.63) is 70.7 Å². The van der Waals surface area contributed by atoms with E-state index in [2.05, 4.69) is 41.5 Å². The van der Waals surface area contributed by atoms with Crippen molar-refractivity contribution in [2.24, 2.45) is 0 Å². The van der Waals surface area contributed by atoms with Crippen LogP contribution >= 0.6 is 23.1 Å². The van der Waals surface area contributed by atoms with E-state index < -0.39 is 0 Å². The molecule has 6 heteroatoms. The van der Waals surface area contributed by atoms with Crippen LogP contribution in [-0.2, 0) is 11.4 Å². The summed E-state index contributed by atoms with van der Waals surface area (Å²) in [6, 6.07) is 15.8. The number of benzene rings is 2. The van der Waals surface area contributed by atoms with Gasteiger partial charge in [0.2, 0.25) is 5.91 Å². The predicted molar refractivity (Wildman–Crippen MR) is 108 cm³/mol. The lowest BCUT2D eigenvalue weighted by Crippen LogP contribution is -2.12. The van der Waals surface area contributed by atoms with Gasteiger partial charge in [0.05, 0.1) is 11.2 Å². The molecular formula is C20H20N2O2S2. The Kier molecular flexibility index (Phi) is 6.68. The molecule has 0 fully saturated rings. The molecule has 1 heterocycles. The molecule has 0 saturated heterocycles. The Morgan fingerprint density at radius 1 is 1.23 bits per heavy atom. The van der Waals surface area contributed by atoms with E-state index in [4.69, 9.17) is 4.74 Å². The molecule has 1 amide bonds. The van der Waals surface area contributed by atoms with Gasteiger partial charge in [-0.2, -0.15) is 0 Å². The highest BCUT2D eigenvalue weighted by molar-refractivity contribution is 7.99. The highest BCUT2D eigenvalue weighted by Crippen LogP contribution is 2.21. The molecule has 2 aromatic carbocycles. The zero-order chi connectivity index (χ0) is 18.2. The van der Waals surface area contributed by atoms with Gasteiger partial charge in [0.1, 0.15) is 12.4 Å². The van der Waals surface area contributed by atoms with E-state index in [1.807, 2.05) is 29.6 Å². The smallest absolute Gasteiger partial charge is 0.225 e. The molecule has 0 aliphatic carbocycles. The first-order chi connectivity index (χ1) is 12.7. The molecule has 0 bridgehead atoms. The summed E-state index contributed by atoms with van der Waals surface area (Å²) in [6.07, 6.45) is 0.461. The number of carbonyl (C=O) groups excluding carboxylic acids is 1. The van der Waals surface area contributed by atoms with Crippen molar-refractivity contribution < 1.29 is 9.53 Å². The third-order valence-corrected chi connectivity index (χ3v) is 5.26. The summed E-state index contributed by atoms with van der Waals surface area (Å²) in [5.41, 5.74) is 4.66. The summed E-state index contributed by atoms with van der Waals surface area (Å²) < 4.78 is 5.71. The minimum atomic E-state index is 0.00117. The third kappa shape index (κ3) is 5.89. The number of rotatable bonds is 8. The number of nitrogens with one attached hydrogen (secondary N) is 1. The van der Waals surface area contributed by atoms with Gasteiger partial charge in [0.15, 0.2) is 0 Å². The molecule has 0 aliphatic heterocycles. The topological polar surface area (TPSA) is 51.2 Å². The number of thiazole rings is 1. The minimum absolute atomic E-state index is 0.00117. The molecule has 3 rings (SSSR count). The lowest BCUT2D eigenvalue weighted by Gasteiger charge is -2.08. The maximum absolute atomic E-state index is 12.1. The quantitative estimate of drug-likeness (QED) is 0.546. The molecule has 0 radical (unpaired) electrons. The molecular weight excluding hydrogens is 364 g/mol. The van der Waals surface area contributed by atoms with Crippen LogP contribution in [0.4, 0.5) is 5.69 Å². The van der Waals surface area contributed by atoms with Gasteiger partial charge in [0.25, 0.3) is 0 Å². The second-order valence-corrected chi connectivity index (χ2v) is 7.64. The fraction of sp³-hybridized carbons (Fsp3) is 0.200. The number of aromatic nitrogens is 1. The van der Waals surface area contributed by atoms with Crippen molar-refractivity contribution in [1.29, 1.82) is 0 Å². The van der Waals surface area contributed by atoms with Crippen LogP contribution in [0.15, 0.2) is 64.3 Å². The second kappa shape index (κ2) is 9.40. The summed E-state index contributed by atoms with van der Waals surface area (Å²) in [5.74, 6) is 1.46. The van der Waals surface area contributed by atoms with Crippen molar-refractivity contribution in [3.63, 3.8) is 0 Å². The van der Waals surface area contributed by atoms with Crippen molar-refractivity contribution in [1.82, 2.24) is 4.98 Å². The average Bonchev–Trinajstić information content (AvgIpc) is 3.16. The first-order valence-electron chi connectivity index (χ1n) is 8.28. The average molecular weight is 385 g/mol. The molecule has 26 heavy (non-hydrogen) atoms.